The number of hydrogen-bond acceptors (Lipinski definition) is 1. The van der Waals surface area contributed by atoms with Crippen LogP contribution in [0.15, 0.2) is 12.1 Å². The van der Waals surface area contributed by atoms with Crippen LogP contribution in [0, 0.1) is 17.2 Å². The summed E-state index contributed by atoms with van der Waals surface area (Å²) in [6.45, 7) is 8.71. The first-order chi connectivity index (χ1) is 7.06. The van der Waals surface area contributed by atoms with E-state index in [-0.39, 0.29) is 0 Å². The van der Waals surface area contributed by atoms with Crippen LogP contribution >= 0.6 is 0 Å². The summed E-state index contributed by atoms with van der Waals surface area (Å²) >= 11 is 0. The van der Waals surface area contributed by atoms with Crippen LogP contribution in [0.2, 0.25) is 0 Å². The molecule has 0 aliphatic heterocycles. The number of nitriles is 1. The first-order valence-electron chi connectivity index (χ1n) is 5.66. The van der Waals surface area contributed by atoms with Crippen molar-refractivity contribution in [2.75, 3.05) is 0 Å². The highest BCUT2D eigenvalue weighted by Crippen LogP contribution is 2.18. The number of nitrogens with zero attached hydrogens (tertiary/aromatic N) is 2. The minimum Gasteiger partial charge on any atom is -0.334 e. The summed E-state index contributed by atoms with van der Waals surface area (Å²) < 4.78 is 2.14. The molecule has 0 saturated heterocycles. The lowest BCUT2D eigenvalue weighted by Crippen LogP contribution is -2.08. The van der Waals surface area contributed by atoms with Crippen molar-refractivity contribution in [1.82, 2.24) is 4.57 Å². The number of aryl methyl sites for hydroxylation is 1. The summed E-state index contributed by atoms with van der Waals surface area (Å²) in [6.07, 6.45) is 2.25. The Morgan fingerprint density at radius 2 is 1.93 bits per heavy atom. The maximum Gasteiger partial charge on any atom is 0.120 e. The fourth-order valence-corrected chi connectivity index (χ4v) is 1.83. The van der Waals surface area contributed by atoms with E-state index in [1.54, 1.807) is 0 Å². The zero-order valence-electron chi connectivity index (χ0n) is 10.1. The second-order valence-electron chi connectivity index (χ2n) is 4.72. The van der Waals surface area contributed by atoms with Crippen molar-refractivity contribution in [2.24, 2.45) is 5.92 Å². The smallest absolute Gasteiger partial charge is 0.120 e. The first kappa shape index (κ1) is 11.8. The summed E-state index contributed by atoms with van der Waals surface area (Å²) in [5.41, 5.74) is 2.07. The normalized spacial score (nSPS) is 11.0. The van der Waals surface area contributed by atoms with Crippen molar-refractivity contribution in [3.8, 4) is 6.07 Å². The van der Waals surface area contributed by atoms with Crippen LogP contribution in [0.25, 0.3) is 0 Å². The monoisotopic (exact) mass is 204 g/mol. The molecule has 15 heavy (non-hydrogen) atoms. The van der Waals surface area contributed by atoms with Crippen LogP contribution in [-0.4, -0.2) is 4.57 Å². The standard InChI is InChI=1S/C13H20N2/c1-10(2)5-6-12-7-8-13(9-14)15(12)11(3)4/h7-8,10-11H,5-6H2,1-4H3. The Morgan fingerprint density at radius 3 is 2.40 bits per heavy atom. The Kier molecular flexibility index (Phi) is 3.96. The Labute approximate surface area is 92.5 Å². The van der Waals surface area contributed by atoms with E-state index < -0.39 is 0 Å². The molecule has 0 amide bonds. The quantitative estimate of drug-likeness (QED) is 0.737. The summed E-state index contributed by atoms with van der Waals surface area (Å²) in [5.74, 6) is 0.714. The zero-order chi connectivity index (χ0) is 11.4. The number of rotatable bonds is 4. The van der Waals surface area contributed by atoms with Crippen LogP contribution in [0.5, 0.6) is 0 Å². The minimum absolute atomic E-state index is 0.372. The van der Waals surface area contributed by atoms with Gasteiger partial charge in [0, 0.05) is 11.7 Å². The van der Waals surface area contributed by atoms with Gasteiger partial charge >= 0.3 is 0 Å². The lowest BCUT2D eigenvalue weighted by atomic mass is 10.1. The molecule has 1 rings (SSSR count). The van der Waals surface area contributed by atoms with Crippen molar-refractivity contribution < 1.29 is 0 Å². The topological polar surface area (TPSA) is 28.7 Å². The number of hydrogen-bond donors (Lipinski definition) is 0. The maximum atomic E-state index is 8.99. The highest BCUT2D eigenvalue weighted by Gasteiger charge is 2.10. The lowest BCUT2D eigenvalue weighted by Gasteiger charge is -2.15. The molecule has 1 aromatic heterocycles. The molecule has 82 valence electrons. The average Bonchev–Trinajstić information content (AvgIpc) is 2.57. The van der Waals surface area contributed by atoms with Crippen molar-refractivity contribution >= 4 is 0 Å². The van der Waals surface area contributed by atoms with Gasteiger partial charge in [0.2, 0.25) is 0 Å². The summed E-state index contributed by atoms with van der Waals surface area (Å²) in [4.78, 5) is 0. The van der Waals surface area contributed by atoms with E-state index in [2.05, 4.69) is 44.4 Å². The van der Waals surface area contributed by atoms with Crippen LogP contribution in [-0.2, 0) is 6.42 Å². The van der Waals surface area contributed by atoms with E-state index in [0.717, 1.165) is 12.1 Å². The van der Waals surface area contributed by atoms with Gasteiger partial charge in [-0.3, -0.25) is 0 Å². The highest BCUT2D eigenvalue weighted by molar-refractivity contribution is 5.27. The Balaban J connectivity index is 2.89. The van der Waals surface area contributed by atoms with E-state index in [0.29, 0.717) is 12.0 Å². The van der Waals surface area contributed by atoms with Gasteiger partial charge in [-0.05, 0) is 44.7 Å². The predicted octanol–water partition coefficient (Wildman–Crippen LogP) is 3.53. The van der Waals surface area contributed by atoms with Gasteiger partial charge < -0.3 is 4.57 Å². The molecule has 1 heterocycles. The van der Waals surface area contributed by atoms with Gasteiger partial charge in [-0.25, -0.2) is 0 Å². The molecule has 0 N–H and O–H groups in total. The largest absolute Gasteiger partial charge is 0.334 e. The molecule has 0 aromatic carbocycles. The second-order valence-corrected chi connectivity index (χ2v) is 4.72. The van der Waals surface area contributed by atoms with Crippen molar-refractivity contribution in [3.63, 3.8) is 0 Å². The molecule has 0 spiro atoms. The van der Waals surface area contributed by atoms with E-state index in [9.17, 15) is 0 Å². The van der Waals surface area contributed by atoms with Crippen LogP contribution in [0.4, 0.5) is 0 Å². The molecule has 0 bridgehead atoms. The third kappa shape index (κ3) is 2.86. The molecule has 0 unspecified atom stereocenters. The van der Waals surface area contributed by atoms with E-state index in [4.69, 9.17) is 5.26 Å². The van der Waals surface area contributed by atoms with Gasteiger partial charge in [-0.15, -0.1) is 0 Å². The van der Waals surface area contributed by atoms with Gasteiger partial charge in [0.05, 0.1) is 0 Å². The van der Waals surface area contributed by atoms with E-state index in [1.165, 1.54) is 12.1 Å². The van der Waals surface area contributed by atoms with Crippen LogP contribution < -0.4 is 0 Å². The Bertz CT molecular complexity index is 353. The predicted molar refractivity (Wildman–Crippen MR) is 62.7 cm³/mol. The molecule has 0 aliphatic carbocycles. The van der Waals surface area contributed by atoms with Gasteiger partial charge in [-0.1, -0.05) is 13.8 Å². The fraction of sp³-hybridized carbons (Fsp3) is 0.615. The third-order valence-corrected chi connectivity index (χ3v) is 2.61. The molecule has 0 fully saturated rings. The molecular weight excluding hydrogens is 184 g/mol. The van der Waals surface area contributed by atoms with Gasteiger partial charge in [-0.2, -0.15) is 5.26 Å². The summed E-state index contributed by atoms with van der Waals surface area (Å²) in [7, 11) is 0. The highest BCUT2D eigenvalue weighted by atomic mass is 15.0. The van der Waals surface area contributed by atoms with Crippen molar-refractivity contribution in [1.29, 1.82) is 5.26 Å². The van der Waals surface area contributed by atoms with Crippen molar-refractivity contribution in [2.45, 2.75) is 46.6 Å². The van der Waals surface area contributed by atoms with Gasteiger partial charge in [0.15, 0.2) is 0 Å². The third-order valence-electron chi connectivity index (χ3n) is 2.61. The van der Waals surface area contributed by atoms with Gasteiger partial charge in [0.1, 0.15) is 11.8 Å². The molecule has 0 saturated carbocycles. The molecule has 0 radical (unpaired) electrons. The molecule has 2 heteroatoms. The molecule has 1 aromatic rings. The zero-order valence-corrected chi connectivity index (χ0v) is 10.1. The van der Waals surface area contributed by atoms with Crippen LogP contribution in [0.1, 0.15) is 51.5 Å². The summed E-state index contributed by atoms with van der Waals surface area (Å²) in [5, 5.41) is 8.99. The Hall–Kier alpha value is -1.23. The lowest BCUT2D eigenvalue weighted by molar-refractivity contribution is 0.530. The first-order valence-corrected chi connectivity index (χ1v) is 5.66. The van der Waals surface area contributed by atoms with E-state index >= 15 is 0 Å². The molecule has 0 atom stereocenters. The number of aromatic nitrogens is 1. The van der Waals surface area contributed by atoms with Crippen molar-refractivity contribution in [3.05, 3.63) is 23.5 Å². The molecule has 0 aliphatic rings. The Morgan fingerprint density at radius 1 is 1.27 bits per heavy atom. The average molecular weight is 204 g/mol. The van der Waals surface area contributed by atoms with Gasteiger partial charge in [0.25, 0.3) is 0 Å². The van der Waals surface area contributed by atoms with E-state index in [1.807, 2.05) is 6.07 Å². The fourth-order valence-electron chi connectivity index (χ4n) is 1.83. The second kappa shape index (κ2) is 5.02. The maximum absolute atomic E-state index is 8.99. The molecule has 2 nitrogen and oxygen atoms in total. The SMILES string of the molecule is CC(C)CCc1ccc(C#N)n1C(C)C. The molecular formula is C13H20N2. The van der Waals surface area contributed by atoms with Crippen LogP contribution in [0.3, 0.4) is 0 Å². The summed E-state index contributed by atoms with van der Waals surface area (Å²) in [6, 6.07) is 6.63. The minimum atomic E-state index is 0.372.